The van der Waals surface area contributed by atoms with E-state index in [0.29, 0.717) is 12.5 Å². The molecule has 1 heterocycles. The first-order valence-corrected chi connectivity index (χ1v) is 6.82. The minimum Gasteiger partial charge on any atom is -0.382 e. The van der Waals surface area contributed by atoms with Gasteiger partial charge >= 0.3 is 0 Å². The molecule has 1 aromatic heterocycles. The second-order valence-corrected chi connectivity index (χ2v) is 5.45. The first kappa shape index (κ1) is 13.3. The fourth-order valence-electron chi connectivity index (χ4n) is 2.40. The van der Waals surface area contributed by atoms with Crippen LogP contribution >= 0.6 is 0 Å². The third-order valence-electron chi connectivity index (χ3n) is 3.99. The van der Waals surface area contributed by atoms with Crippen molar-refractivity contribution in [2.45, 2.75) is 64.0 Å². The van der Waals surface area contributed by atoms with E-state index in [-0.39, 0.29) is 12.2 Å². The lowest BCUT2D eigenvalue weighted by atomic mass is 9.95. The summed E-state index contributed by atoms with van der Waals surface area (Å²) in [6.45, 7) is 3.39. The Kier molecular flexibility index (Phi) is 3.85. The highest BCUT2D eigenvalue weighted by Crippen LogP contribution is 2.28. The number of aromatic nitrogens is 2. The van der Waals surface area contributed by atoms with Crippen LogP contribution in [-0.2, 0) is 11.2 Å². The van der Waals surface area contributed by atoms with Gasteiger partial charge in [0.25, 0.3) is 0 Å². The average Bonchev–Trinajstić information content (AvgIpc) is 2.98. The maximum Gasteiger partial charge on any atom is 0.170 e. The van der Waals surface area contributed by atoms with E-state index < -0.39 is 5.60 Å². The molecule has 1 aromatic rings. The van der Waals surface area contributed by atoms with Crippen LogP contribution < -0.4 is 0 Å². The first-order chi connectivity index (χ1) is 8.53. The summed E-state index contributed by atoms with van der Waals surface area (Å²) in [7, 11) is 0. The molecule has 0 aliphatic heterocycles. The Labute approximate surface area is 108 Å². The van der Waals surface area contributed by atoms with Crippen molar-refractivity contribution in [1.29, 1.82) is 0 Å². The van der Waals surface area contributed by atoms with E-state index in [9.17, 15) is 9.90 Å². The maximum atomic E-state index is 11.9. The van der Waals surface area contributed by atoms with Crippen molar-refractivity contribution in [3.8, 4) is 0 Å². The number of rotatable bonds is 5. The zero-order valence-electron chi connectivity index (χ0n) is 11.2. The summed E-state index contributed by atoms with van der Waals surface area (Å²) in [6.07, 6.45) is 7.52. The molecule has 0 aromatic carbocycles. The summed E-state index contributed by atoms with van der Waals surface area (Å²) in [5.74, 6) is -0.151. The van der Waals surface area contributed by atoms with Gasteiger partial charge in [0.2, 0.25) is 0 Å². The summed E-state index contributed by atoms with van der Waals surface area (Å²) in [5, 5.41) is 14.4. The highest BCUT2D eigenvalue weighted by atomic mass is 16.3. The lowest BCUT2D eigenvalue weighted by Crippen LogP contribution is -2.35. The molecule has 1 fully saturated rings. The van der Waals surface area contributed by atoms with Crippen LogP contribution in [0.25, 0.3) is 0 Å². The molecule has 100 valence electrons. The van der Waals surface area contributed by atoms with Crippen molar-refractivity contribution in [2.24, 2.45) is 0 Å². The number of hydrogen-bond acceptors (Lipinski definition) is 3. The van der Waals surface area contributed by atoms with Gasteiger partial charge in [0.1, 0.15) is 5.60 Å². The van der Waals surface area contributed by atoms with Crippen LogP contribution in [0.15, 0.2) is 12.3 Å². The van der Waals surface area contributed by atoms with Gasteiger partial charge in [-0.05, 0) is 32.3 Å². The van der Waals surface area contributed by atoms with Crippen molar-refractivity contribution in [3.63, 3.8) is 0 Å². The summed E-state index contributed by atoms with van der Waals surface area (Å²) in [6, 6.07) is 2.39. The number of ketones is 1. The Bertz CT molecular complexity index is 417. The normalized spacial score (nSPS) is 19.9. The smallest absolute Gasteiger partial charge is 0.170 e. The highest BCUT2D eigenvalue weighted by Gasteiger charge is 2.28. The second kappa shape index (κ2) is 5.22. The van der Waals surface area contributed by atoms with Gasteiger partial charge in [0.15, 0.2) is 5.78 Å². The summed E-state index contributed by atoms with van der Waals surface area (Å²) in [5.41, 5.74) is -0.461. The zero-order chi connectivity index (χ0) is 13.2. The molecule has 1 saturated carbocycles. The molecule has 0 spiro atoms. The van der Waals surface area contributed by atoms with Gasteiger partial charge < -0.3 is 5.11 Å². The molecule has 0 bridgehead atoms. The van der Waals surface area contributed by atoms with E-state index in [2.05, 4.69) is 5.10 Å². The second-order valence-electron chi connectivity index (χ2n) is 5.45. The van der Waals surface area contributed by atoms with Crippen LogP contribution in [0, 0.1) is 0 Å². The largest absolute Gasteiger partial charge is 0.382 e. The number of aliphatic hydroxyl groups is 1. The molecule has 1 unspecified atom stereocenters. The van der Waals surface area contributed by atoms with Crippen LogP contribution in [0.2, 0.25) is 0 Å². The molecule has 18 heavy (non-hydrogen) atoms. The Morgan fingerprint density at radius 3 is 2.83 bits per heavy atom. The van der Waals surface area contributed by atoms with Crippen LogP contribution in [0.4, 0.5) is 0 Å². The summed E-state index contributed by atoms with van der Waals surface area (Å²) >= 11 is 0. The summed E-state index contributed by atoms with van der Waals surface area (Å²) in [4.78, 5) is 11.9. The number of Topliss-reactive ketones (excluding diaryl/α,β-unsaturated/α-hetero) is 1. The van der Waals surface area contributed by atoms with Crippen molar-refractivity contribution in [1.82, 2.24) is 9.78 Å². The maximum absolute atomic E-state index is 11.9. The fraction of sp³-hybridized carbons (Fsp3) is 0.714. The van der Waals surface area contributed by atoms with E-state index in [0.717, 1.165) is 5.69 Å². The topological polar surface area (TPSA) is 55.1 Å². The number of carbonyl (C=O) groups is 1. The highest BCUT2D eigenvalue weighted by molar-refractivity contribution is 5.88. The van der Waals surface area contributed by atoms with Gasteiger partial charge in [0, 0.05) is 6.20 Å². The first-order valence-electron chi connectivity index (χ1n) is 6.82. The monoisotopic (exact) mass is 250 g/mol. The molecule has 4 nitrogen and oxygen atoms in total. The van der Waals surface area contributed by atoms with Gasteiger partial charge in [0.05, 0.1) is 18.2 Å². The molecule has 1 atom stereocenters. The predicted molar refractivity (Wildman–Crippen MR) is 69.4 cm³/mol. The predicted octanol–water partition coefficient (Wildman–Crippen LogP) is 2.27. The Morgan fingerprint density at radius 2 is 2.22 bits per heavy atom. The standard InChI is InChI=1S/C14H22N2O2/c1-3-14(2,18)13(17)10-11-8-9-16(15-11)12-6-4-5-7-12/h8-9,12,18H,3-7,10H2,1-2H3. The minimum atomic E-state index is -1.23. The third-order valence-corrected chi connectivity index (χ3v) is 3.99. The number of carbonyl (C=O) groups excluding carboxylic acids is 1. The molecular weight excluding hydrogens is 228 g/mol. The Balaban J connectivity index is 2.00. The third kappa shape index (κ3) is 2.80. The van der Waals surface area contributed by atoms with Gasteiger partial charge in [-0.1, -0.05) is 19.8 Å². The van der Waals surface area contributed by atoms with E-state index in [4.69, 9.17) is 0 Å². The quantitative estimate of drug-likeness (QED) is 0.872. The van der Waals surface area contributed by atoms with Crippen molar-refractivity contribution in [3.05, 3.63) is 18.0 Å². The van der Waals surface area contributed by atoms with Crippen LogP contribution in [0.3, 0.4) is 0 Å². The minimum absolute atomic E-state index is 0.151. The van der Waals surface area contributed by atoms with Crippen molar-refractivity contribution < 1.29 is 9.90 Å². The molecule has 0 radical (unpaired) electrons. The number of hydrogen-bond donors (Lipinski definition) is 1. The van der Waals surface area contributed by atoms with Crippen LogP contribution in [-0.4, -0.2) is 26.3 Å². The molecule has 0 saturated heterocycles. The van der Waals surface area contributed by atoms with Crippen LogP contribution in [0.5, 0.6) is 0 Å². The Hall–Kier alpha value is -1.16. The molecule has 4 heteroatoms. The van der Waals surface area contributed by atoms with E-state index in [1.165, 1.54) is 25.7 Å². The van der Waals surface area contributed by atoms with E-state index >= 15 is 0 Å². The van der Waals surface area contributed by atoms with E-state index in [1.807, 2.05) is 23.9 Å². The van der Waals surface area contributed by atoms with Gasteiger partial charge in [-0.15, -0.1) is 0 Å². The molecule has 1 aliphatic rings. The lowest BCUT2D eigenvalue weighted by molar-refractivity contribution is -0.135. The van der Waals surface area contributed by atoms with Gasteiger partial charge in [-0.25, -0.2) is 0 Å². The average molecular weight is 250 g/mol. The van der Waals surface area contributed by atoms with Crippen molar-refractivity contribution >= 4 is 5.78 Å². The molecule has 2 rings (SSSR count). The summed E-state index contributed by atoms with van der Waals surface area (Å²) < 4.78 is 1.98. The SMILES string of the molecule is CCC(C)(O)C(=O)Cc1ccn(C2CCCC2)n1. The molecular formula is C14H22N2O2. The number of nitrogens with zero attached hydrogens (tertiary/aromatic N) is 2. The van der Waals surface area contributed by atoms with E-state index in [1.54, 1.807) is 6.92 Å². The molecule has 1 N–H and O–H groups in total. The van der Waals surface area contributed by atoms with Crippen LogP contribution in [0.1, 0.15) is 57.7 Å². The molecule has 0 amide bonds. The molecule has 1 aliphatic carbocycles. The van der Waals surface area contributed by atoms with Crippen molar-refractivity contribution in [2.75, 3.05) is 0 Å². The zero-order valence-corrected chi connectivity index (χ0v) is 11.2. The lowest BCUT2D eigenvalue weighted by Gasteiger charge is -2.18. The van der Waals surface area contributed by atoms with Gasteiger partial charge in [-0.3, -0.25) is 9.48 Å². The van der Waals surface area contributed by atoms with Gasteiger partial charge in [-0.2, -0.15) is 5.10 Å². The fourth-order valence-corrected chi connectivity index (χ4v) is 2.40. The Morgan fingerprint density at radius 1 is 1.56 bits per heavy atom.